The lowest BCUT2D eigenvalue weighted by molar-refractivity contribution is 0.558. The topological polar surface area (TPSA) is 38.9 Å². The van der Waals surface area contributed by atoms with Crippen LogP contribution in [0.1, 0.15) is 17.0 Å². The molecule has 0 fully saturated rings. The van der Waals surface area contributed by atoms with Gasteiger partial charge >= 0.3 is 0 Å². The third kappa shape index (κ3) is 3.62. The lowest BCUT2D eigenvalue weighted by atomic mass is 10.0. The average molecular weight is 338 g/mol. The fraction of sp³-hybridized carbons (Fsp3) is 0.0435. The highest BCUT2D eigenvalue weighted by molar-refractivity contribution is 5.70. The Morgan fingerprint density at radius 2 is 1.31 bits per heavy atom. The summed E-state index contributed by atoms with van der Waals surface area (Å²) in [4.78, 5) is 0. The smallest absolute Gasteiger partial charge is 0.248 e. The average Bonchev–Trinajstić information content (AvgIpc) is 3.17. The summed E-state index contributed by atoms with van der Waals surface area (Å²) in [6, 6.07) is 26.7. The van der Waals surface area contributed by atoms with E-state index in [0.29, 0.717) is 11.8 Å². The number of hydrogen-bond donors (Lipinski definition) is 0. The van der Waals surface area contributed by atoms with Crippen molar-refractivity contribution in [1.29, 1.82) is 0 Å². The predicted molar refractivity (Wildman–Crippen MR) is 105 cm³/mol. The zero-order valence-corrected chi connectivity index (χ0v) is 14.5. The van der Waals surface area contributed by atoms with Crippen LogP contribution >= 0.6 is 0 Å². The van der Waals surface area contributed by atoms with Crippen molar-refractivity contribution in [2.45, 2.75) is 6.92 Å². The van der Waals surface area contributed by atoms with Crippen LogP contribution in [0.2, 0.25) is 0 Å². The van der Waals surface area contributed by atoms with E-state index in [1.165, 1.54) is 16.7 Å². The first kappa shape index (κ1) is 16.0. The standard InChI is InChI=1S/C23H18N2O/c1-17-7-12-21(13-8-17)23-25-24-22(26-23)16-11-18-9-14-20(15-10-18)19-5-3-2-4-6-19/h2-16H,1H3/b16-11+. The van der Waals surface area contributed by atoms with Gasteiger partial charge < -0.3 is 4.42 Å². The molecular weight excluding hydrogens is 320 g/mol. The molecule has 0 aliphatic rings. The predicted octanol–water partition coefficient (Wildman–Crippen LogP) is 5.88. The highest BCUT2D eigenvalue weighted by atomic mass is 16.4. The van der Waals surface area contributed by atoms with Crippen LogP contribution in [0.25, 0.3) is 34.7 Å². The van der Waals surface area contributed by atoms with Crippen molar-refractivity contribution in [3.63, 3.8) is 0 Å². The van der Waals surface area contributed by atoms with Crippen LogP contribution in [0, 0.1) is 6.92 Å². The second kappa shape index (κ2) is 7.19. The quantitative estimate of drug-likeness (QED) is 0.466. The molecule has 26 heavy (non-hydrogen) atoms. The molecule has 0 bridgehead atoms. The summed E-state index contributed by atoms with van der Waals surface area (Å²) < 4.78 is 5.72. The fourth-order valence-corrected chi connectivity index (χ4v) is 2.70. The maximum absolute atomic E-state index is 5.72. The zero-order chi connectivity index (χ0) is 17.8. The molecule has 0 aliphatic heterocycles. The molecule has 4 aromatic rings. The van der Waals surface area contributed by atoms with E-state index in [-0.39, 0.29) is 0 Å². The molecule has 0 spiro atoms. The fourth-order valence-electron chi connectivity index (χ4n) is 2.70. The van der Waals surface area contributed by atoms with E-state index in [1.54, 1.807) is 0 Å². The van der Waals surface area contributed by atoms with E-state index in [0.717, 1.165) is 11.1 Å². The first-order valence-corrected chi connectivity index (χ1v) is 8.52. The molecule has 4 rings (SSSR count). The molecular formula is C23H18N2O. The van der Waals surface area contributed by atoms with Crippen molar-refractivity contribution < 1.29 is 4.42 Å². The van der Waals surface area contributed by atoms with Crippen LogP contribution in [0.3, 0.4) is 0 Å². The molecule has 0 unspecified atom stereocenters. The minimum absolute atomic E-state index is 0.493. The van der Waals surface area contributed by atoms with Crippen LogP contribution in [-0.4, -0.2) is 10.2 Å². The molecule has 126 valence electrons. The number of benzene rings is 3. The lowest BCUT2D eigenvalue weighted by Crippen LogP contribution is -1.78. The Balaban J connectivity index is 1.49. The molecule has 1 heterocycles. The van der Waals surface area contributed by atoms with Gasteiger partial charge in [-0.15, -0.1) is 10.2 Å². The summed E-state index contributed by atoms with van der Waals surface area (Å²) in [5.74, 6) is 1.02. The molecule has 0 N–H and O–H groups in total. The SMILES string of the molecule is Cc1ccc(-c2nnc(/C=C/c3ccc(-c4ccccc4)cc3)o2)cc1. The Morgan fingerprint density at radius 1 is 0.654 bits per heavy atom. The second-order valence-electron chi connectivity index (χ2n) is 6.13. The summed E-state index contributed by atoms with van der Waals surface area (Å²) in [6.45, 7) is 2.05. The first-order valence-electron chi connectivity index (χ1n) is 8.52. The van der Waals surface area contributed by atoms with Gasteiger partial charge in [0.25, 0.3) is 0 Å². The molecule has 0 saturated carbocycles. The monoisotopic (exact) mass is 338 g/mol. The Hall–Kier alpha value is -3.46. The number of hydrogen-bond acceptors (Lipinski definition) is 3. The van der Waals surface area contributed by atoms with Gasteiger partial charge in [-0.2, -0.15) is 0 Å². The van der Waals surface area contributed by atoms with Crippen LogP contribution in [0.15, 0.2) is 83.3 Å². The summed E-state index contributed by atoms with van der Waals surface area (Å²) >= 11 is 0. The highest BCUT2D eigenvalue weighted by Gasteiger charge is 2.06. The molecule has 3 heteroatoms. The van der Waals surface area contributed by atoms with Gasteiger partial charge in [0.15, 0.2) is 0 Å². The van der Waals surface area contributed by atoms with Crippen LogP contribution in [0.4, 0.5) is 0 Å². The third-order valence-electron chi connectivity index (χ3n) is 4.18. The normalized spacial score (nSPS) is 11.1. The highest BCUT2D eigenvalue weighted by Crippen LogP contribution is 2.21. The summed E-state index contributed by atoms with van der Waals surface area (Å²) in [5, 5.41) is 8.21. The van der Waals surface area contributed by atoms with Crippen molar-refractivity contribution in [2.75, 3.05) is 0 Å². The Kier molecular flexibility index (Phi) is 4.44. The number of aromatic nitrogens is 2. The van der Waals surface area contributed by atoms with E-state index >= 15 is 0 Å². The van der Waals surface area contributed by atoms with Gasteiger partial charge in [-0.25, -0.2) is 0 Å². The summed E-state index contributed by atoms with van der Waals surface area (Å²) in [7, 11) is 0. The van der Waals surface area contributed by atoms with E-state index in [2.05, 4.69) is 53.5 Å². The van der Waals surface area contributed by atoms with Crippen LogP contribution in [0.5, 0.6) is 0 Å². The minimum atomic E-state index is 0.493. The van der Waals surface area contributed by atoms with Gasteiger partial charge in [0, 0.05) is 11.6 Å². The van der Waals surface area contributed by atoms with E-state index in [4.69, 9.17) is 4.42 Å². The molecule has 0 radical (unpaired) electrons. The van der Waals surface area contributed by atoms with Gasteiger partial charge in [0.05, 0.1) is 0 Å². The van der Waals surface area contributed by atoms with Crippen molar-refractivity contribution in [3.8, 4) is 22.6 Å². The van der Waals surface area contributed by atoms with Crippen molar-refractivity contribution in [1.82, 2.24) is 10.2 Å². The van der Waals surface area contributed by atoms with Gasteiger partial charge in [0.2, 0.25) is 11.8 Å². The Labute approximate surface area is 152 Å². The first-order chi connectivity index (χ1) is 12.8. The molecule has 3 nitrogen and oxygen atoms in total. The zero-order valence-electron chi connectivity index (χ0n) is 14.5. The minimum Gasteiger partial charge on any atom is -0.417 e. The maximum Gasteiger partial charge on any atom is 0.248 e. The van der Waals surface area contributed by atoms with E-state index < -0.39 is 0 Å². The molecule has 0 saturated heterocycles. The molecule has 3 aromatic carbocycles. The van der Waals surface area contributed by atoms with Gasteiger partial charge in [-0.1, -0.05) is 72.3 Å². The van der Waals surface area contributed by atoms with Gasteiger partial charge in [-0.3, -0.25) is 0 Å². The lowest BCUT2D eigenvalue weighted by Gasteiger charge is -2.01. The van der Waals surface area contributed by atoms with E-state index in [9.17, 15) is 0 Å². The number of nitrogens with zero attached hydrogens (tertiary/aromatic N) is 2. The summed E-state index contributed by atoms with van der Waals surface area (Å²) in [6.07, 6.45) is 3.81. The second-order valence-corrected chi connectivity index (χ2v) is 6.13. The van der Waals surface area contributed by atoms with Crippen molar-refractivity contribution in [3.05, 3.63) is 95.9 Å². The van der Waals surface area contributed by atoms with E-state index in [1.807, 2.05) is 54.6 Å². The largest absolute Gasteiger partial charge is 0.417 e. The van der Waals surface area contributed by atoms with Crippen molar-refractivity contribution >= 4 is 12.2 Å². The molecule has 0 aliphatic carbocycles. The van der Waals surface area contributed by atoms with Crippen molar-refractivity contribution in [2.24, 2.45) is 0 Å². The van der Waals surface area contributed by atoms with Crippen LogP contribution in [-0.2, 0) is 0 Å². The Bertz CT molecular complexity index is 1010. The molecule has 1 aromatic heterocycles. The molecule has 0 amide bonds. The van der Waals surface area contributed by atoms with Crippen LogP contribution < -0.4 is 0 Å². The van der Waals surface area contributed by atoms with Gasteiger partial charge in [0.1, 0.15) is 0 Å². The number of aryl methyl sites for hydroxylation is 1. The third-order valence-corrected chi connectivity index (χ3v) is 4.18. The number of rotatable bonds is 4. The summed E-state index contributed by atoms with van der Waals surface area (Å²) in [5.41, 5.74) is 5.62. The van der Waals surface area contributed by atoms with Gasteiger partial charge in [-0.05, 0) is 41.8 Å². The Morgan fingerprint density at radius 3 is 2.04 bits per heavy atom. The molecule has 0 atom stereocenters. The maximum atomic E-state index is 5.72.